The van der Waals surface area contributed by atoms with Gasteiger partial charge in [-0.15, -0.1) is 0 Å². The third-order valence-electron chi connectivity index (χ3n) is 10.9. The SMILES string of the molecule is CC/C=C\C/C=C\C/C=C\CCCCCCCC(=O)OCC(COC(=O)CCCCCCC/C=C\CCCCCCCC)OC(=O)CCCCCCC/C=C\C/C=C\C/C=C\CC. The average molecular weight is 877 g/mol. The molecule has 0 aliphatic rings. The lowest BCUT2D eigenvalue weighted by Crippen LogP contribution is -2.30. The summed E-state index contributed by atoms with van der Waals surface area (Å²) >= 11 is 0. The maximum atomic E-state index is 12.8. The van der Waals surface area contributed by atoms with Gasteiger partial charge in [0.15, 0.2) is 6.10 Å². The Morgan fingerprint density at radius 3 is 0.984 bits per heavy atom. The van der Waals surface area contributed by atoms with Gasteiger partial charge in [-0.3, -0.25) is 14.4 Å². The molecule has 0 saturated carbocycles. The second-order valence-electron chi connectivity index (χ2n) is 17.0. The monoisotopic (exact) mass is 877 g/mol. The van der Waals surface area contributed by atoms with E-state index in [1.165, 1.54) is 57.8 Å². The molecular weight excluding hydrogens is 781 g/mol. The van der Waals surface area contributed by atoms with Gasteiger partial charge in [0.25, 0.3) is 0 Å². The fourth-order valence-corrected chi connectivity index (χ4v) is 6.99. The van der Waals surface area contributed by atoms with Crippen molar-refractivity contribution in [3.63, 3.8) is 0 Å². The molecule has 1 atom stereocenters. The van der Waals surface area contributed by atoms with E-state index in [0.717, 1.165) is 141 Å². The van der Waals surface area contributed by atoms with Gasteiger partial charge in [0.2, 0.25) is 0 Å². The minimum absolute atomic E-state index is 0.0941. The van der Waals surface area contributed by atoms with Crippen molar-refractivity contribution in [3.8, 4) is 0 Å². The minimum Gasteiger partial charge on any atom is -0.462 e. The normalized spacial score (nSPS) is 12.7. The quantitative estimate of drug-likeness (QED) is 0.0262. The number of esters is 3. The van der Waals surface area contributed by atoms with Crippen LogP contribution in [0.3, 0.4) is 0 Å². The summed E-state index contributed by atoms with van der Waals surface area (Å²) in [5.41, 5.74) is 0. The summed E-state index contributed by atoms with van der Waals surface area (Å²) in [6.45, 7) is 6.37. The van der Waals surface area contributed by atoms with Gasteiger partial charge >= 0.3 is 17.9 Å². The Kier molecular flexibility index (Phi) is 48.5. The Hall–Kier alpha value is -3.41. The third-order valence-corrected chi connectivity index (χ3v) is 10.9. The summed E-state index contributed by atoms with van der Waals surface area (Å²) in [7, 11) is 0. The molecule has 0 aliphatic carbocycles. The number of unbranched alkanes of at least 4 members (excludes halogenated alkanes) is 21. The van der Waals surface area contributed by atoms with Crippen molar-refractivity contribution in [3.05, 3.63) is 85.1 Å². The molecule has 0 radical (unpaired) electrons. The van der Waals surface area contributed by atoms with Crippen LogP contribution in [0, 0.1) is 0 Å². The fraction of sp³-hybridized carbons (Fsp3) is 0.702. The zero-order valence-corrected chi connectivity index (χ0v) is 41.1. The zero-order chi connectivity index (χ0) is 45.8. The van der Waals surface area contributed by atoms with Crippen molar-refractivity contribution in [2.75, 3.05) is 13.2 Å². The summed E-state index contributed by atoms with van der Waals surface area (Å²) in [4.78, 5) is 38.0. The average Bonchev–Trinajstić information content (AvgIpc) is 3.28. The van der Waals surface area contributed by atoms with E-state index >= 15 is 0 Å². The highest BCUT2D eigenvalue weighted by Gasteiger charge is 2.19. The fourth-order valence-electron chi connectivity index (χ4n) is 6.99. The molecule has 0 aromatic rings. The van der Waals surface area contributed by atoms with Crippen molar-refractivity contribution in [1.82, 2.24) is 0 Å². The number of rotatable bonds is 46. The van der Waals surface area contributed by atoms with Gasteiger partial charge in [-0.1, -0.05) is 196 Å². The van der Waals surface area contributed by atoms with Gasteiger partial charge in [-0.25, -0.2) is 0 Å². The van der Waals surface area contributed by atoms with Gasteiger partial charge in [-0.2, -0.15) is 0 Å². The smallest absolute Gasteiger partial charge is 0.306 e. The molecular formula is C57H96O6. The highest BCUT2D eigenvalue weighted by atomic mass is 16.6. The Balaban J connectivity index is 4.46. The Morgan fingerprint density at radius 1 is 0.333 bits per heavy atom. The predicted octanol–water partition coefficient (Wildman–Crippen LogP) is 17.2. The number of carbonyl (C=O) groups excluding carboxylic acids is 3. The molecule has 360 valence electrons. The van der Waals surface area contributed by atoms with Crippen LogP contribution in [0.5, 0.6) is 0 Å². The Bertz CT molecular complexity index is 1240. The second-order valence-corrected chi connectivity index (χ2v) is 17.0. The molecule has 0 N–H and O–H groups in total. The van der Waals surface area contributed by atoms with Gasteiger partial charge in [0.1, 0.15) is 13.2 Å². The number of allylic oxidation sites excluding steroid dienone is 14. The van der Waals surface area contributed by atoms with Crippen LogP contribution < -0.4 is 0 Å². The summed E-state index contributed by atoms with van der Waals surface area (Å²) in [6.07, 6.45) is 65.6. The Labute approximate surface area is 388 Å². The minimum atomic E-state index is -0.796. The zero-order valence-electron chi connectivity index (χ0n) is 41.1. The van der Waals surface area contributed by atoms with E-state index in [2.05, 4.69) is 106 Å². The van der Waals surface area contributed by atoms with E-state index in [9.17, 15) is 14.4 Å². The lowest BCUT2D eigenvalue weighted by atomic mass is 10.1. The predicted molar refractivity (Wildman–Crippen MR) is 270 cm³/mol. The number of carbonyl (C=O) groups is 3. The summed E-state index contributed by atoms with van der Waals surface area (Å²) in [5, 5.41) is 0. The largest absolute Gasteiger partial charge is 0.462 e. The van der Waals surface area contributed by atoms with Crippen molar-refractivity contribution < 1.29 is 28.6 Å². The molecule has 6 nitrogen and oxygen atoms in total. The van der Waals surface area contributed by atoms with Crippen molar-refractivity contribution >= 4 is 17.9 Å². The van der Waals surface area contributed by atoms with Gasteiger partial charge < -0.3 is 14.2 Å². The van der Waals surface area contributed by atoms with E-state index in [-0.39, 0.29) is 31.1 Å². The molecule has 0 saturated heterocycles. The molecule has 0 bridgehead atoms. The second kappa shape index (κ2) is 51.2. The first kappa shape index (κ1) is 59.6. The van der Waals surface area contributed by atoms with E-state index < -0.39 is 6.10 Å². The molecule has 0 heterocycles. The number of hydrogen-bond acceptors (Lipinski definition) is 6. The van der Waals surface area contributed by atoms with Crippen molar-refractivity contribution in [2.24, 2.45) is 0 Å². The van der Waals surface area contributed by atoms with E-state index in [0.29, 0.717) is 19.3 Å². The van der Waals surface area contributed by atoms with Crippen LogP contribution in [-0.2, 0) is 28.6 Å². The van der Waals surface area contributed by atoms with Gasteiger partial charge in [0.05, 0.1) is 0 Å². The van der Waals surface area contributed by atoms with Crippen LogP contribution in [0.4, 0.5) is 0 Å². The maximum Gasteiger partial charge on any atom is 0.306 e. The van der Waals surface area contributed by atoms with E-state index in [1.807, 2.05) is 0 Å². The lowest BCUT2D eigenvalue weighted by molar-refractivity contribution is -0.167. The maximum absolute atomic E-state index is 12.8. The lowest BCUT2D eigenvalue weighted by Gasteiger charge is -2.18. The van der Waals surface area contributed by atoms with E-state index in [1.54, 1.807) is 0 Å². The Morgan fingerprint density at radius 2 is 0.619 bits per heavy atom. The molecule has 1 unspecified atom stereocenters. The first-order valence-corrected chi connectivity index (χ1v) is 26.1. The third kappa shape index (κ3) is 49.5. The molecule has 63 heavy (non-hydrogen) atoms. The van der Waals surface area contributed by atoms with Crippen LogP contribution in [0.15, 0.2) is 85.1 Å². The highest BCUT2D eigenvalue weighted by Crippen LogP contribution is 2.14. The molecule has 0 spiro atoms. The standard InChI is InChI=1S/C57H96O6/c1-4-7-10-13-16-19-22-25-28-31-34-37-40-43-46-49-55(58)61-52-54(63-57(60)51-48-45-42-39-36-33-30-27-24-21-18-15-12-9-6-3)53-62-56(59)50-47-44-41-38-35-32-29-26-23-20-17-14-11-8-5-2/h7,9-10,12,16,18-19,21,25-30,54H,4-6,8,11,13-15,17,20,22-24,31-53H2,1-3H3/b10-7-,12-9-,19-16-,21-18-,28-25-,29-26-,30-27-. The molecule has 0 amide bonds. The molecule has 0 aromatic heterocycles. The summed E-state index contributed by atoms with van der Waals surface area (Å²) in [5.74, 6) is -0.936. The van der Waals surface area contributed by atoms with Crippen LogP contribution in [-0.4, -0.2) is 37.2 Å². The number of hydrogen-bond donors (Lipinski definition) is 0. The highest BCUT2D eigenvalue weighted by molar-refractivity contribution is 5.71. The van der Waals surface area contributed by atoms with Gasteiger partial charge in [-0.05, 0) is 109 Å². The van der Waals surface area contributed by atoms with Crippen LogP contribution in [0.2, 0.25) is 0 Å². The molecule has 6 heteroatoms. The molecule has 0 aromatic carbocycles. The molecule has 0 rings (SSSR count). The van der Waals surface area contributed by atoms with Gasteiger partial charge in [0, 0.05) is 19.3 Å². The van der Waals surface area contributed by atoms with Crippen molar-refractivity contribution in [1.29, 1.82) is 0 Å². The summed E-state index contributed by atoms with van der Waals surface area (Å²) < 4.78 is 16.8. The summed E-state index contributed by atoms with van der Waals surface area (Å²) in [6, 6.07) is 0. The van der Waals surface area contributed by atoms with Crippen LogP contribution >= 0.6 is 0 Å². The first-order chi connectivity index (χ1) is 31.0. The van der Waals surface area contributed by atoms with Crippen LogP contribution in [0.25, 0.3) is 0 Å². The van der Waals surface area contributed by atoms with Crippen LogP contribution in [0.1, 0.15) is 239 Å². The molecule has 0 fully saturated rings. The van der Waals surface area contributed by atoms with Crippen molar-refractivity contribution in [2.45, 2.75) is 245 Å². The first-order valence-electron chi connectivity index (χ1n) is 26.1. The van der Waals surface area contributed by atoms with E-state index in [4.69, 9.17) is 14.2 Å². The topological polar surface area (TPSA) is 78.9 Å². The molecule has 0 aliphatic heterocycles. The number of ether oxygens (including phenoxy) is 3.